The predicted octanol–water partition coefficient (Wildman–Crippen LogP) is 3.32. The lowest BCUT2D eigenvalue weighted by Gasteiger charge is -2.19. The lowest BCUT2D eigenvalue weighted by Crippen LogP contribution is -2.33. The molecule has 98 valence electrons. The van der Waals surface area contributed by atoms with E-state index in [0.29, 0.717) is 11.7 Å². The van der Waals surface area contributed by atoms with Gasteiger partial charge in [-0.2, -0.15) is 0 Å². The maximum absolute atomic E-state index is 12.0. The minimum atomic E-state index is 0.317. The molecule has 0 spiro atoms. The molecule has 1 heterocycles. The normalized spacial score (nSPS) is 16.3. The standard InChI is InChI=1S/C15H21NOS/c17-15(16-10-6-1-2-7-11-16)13-18-12-14-8-4-3-5-9-14/h3-5,8-9H,1-2,6-7,10-13H2. The molecular weight excluding hydrogens is 242 g/mol. The summed E-state index contributed by atoms with van der Waals surface area (Å²) in [4.78, 5) is 14.1. The van der Waals surface area contributed by atoms with E-state index in [1.807, 2.05) is 23.1 Å². The molecule has 1 aliphatic heterocycles. The summed E-state index contributed by atoms with van der Waals surface area (Å²) in [5, 5.41) is 0. The van der Waals surface area contributed by atoms with Gasteiger partial charge in [0.25, 0.3) is 0 Å². The van der Waals surface area contributed by atoms with Gasteiger partial charge in [-0.1, -0.05) is 43.2 Å². The second kappa shape index (κ2) is 7.47. The number of nitrogens with zero attached hydrogens (tertiary/aromatic N) is 1. The summed E-state index contributed by atoms with van der Waals surface area (Å²) in [6.07, 6.45) is 4.91. The largest absolute Gasteiger partial charge is 0.342 e. The van der Waals surface area contributed by atoms with E-state index >= 15 is 0 Å². The molecule has 1 amide bonds. The third-order valence-corrected chi connectivity index (χ3v) is 4.28. The molecule has 0 atom stereocenters. The molecule has 2 nitrogen and oxygen atoms in total. The van der Waals surface area contributed by atoms with Crippen molar-refractivity contribution in [1.29, 1.82) is 0 Å². The van der Waals surface area contributed by atoms with E-state index in [1.165, 1.54) is 31.2 Å². The molecule has 1 saturated heterocycles. The number of benzene rings is 1. The second-order valence-corrected chi connectivity index (χ2v) is 5.76. The van der Waals surface area contributed by atoms with Crippen LogP contribution < -0.4 is 0 Å². The van der Waals surface area contributed by atoms with Crippen LogP contribution in [0.1, 0.15) is 31.2 Å². The van der Waals surface area contributed by atoms with Crippen molar-refractivity contribution in [2.45, 2.75) is 31.4 Å². The van der Waals surface area contributed by atoms with Crippen LogP contribution in [0.3, 0.4) is 0 Å². The molecule has 0 aromatic heterocycles. The SMILES string of the molecule is O=C(CSCc1ccccc1)N1CCCCCC1. The van der Waals surface area contributed by atoms with Crippen LogP contribution in [0.5, 0.6) is 0 Å². The number of likely N-dealkylation sites (tertiary alicyclic amines) is 1. The van der Waals surface area contributed by atoms with Crippen molar-refractivity contribution in [2.24, 2.45) is 0 Å². The van der Waals surface area contributed by atoms with Crippen LogP contribution in [0.4, 0.5) is 0 Å². The molecule has 1 fully saturated rings. The monoisotopic (exact) mass is 263 g/mol. The Balaban J connectivity index is 1.71. The Hall–Kier alpha value is -0.960. The zero-order valence-electron chi connectivity index (χ0n) is 10.8. The first-order valence-corrected chi connectivity index (χ1v) is 7.91. The van der Waals surface area contributed by atoms with E-state index in [9.17, 15) is 4.79 Å². The minimum absolute atomic E-state index is 0.317. The zero-order chi connectivity index (χ0) is 12.6. The van der Waals surface area contributed by atoms with Gasteiger partial charge in [-0.15, -0.1) is 11.8 Å². The summed E-state index contributed by atoms with van der Waals surface area (Å²) in [5.74, 6) is 1.87. The third kappa shape index (κ3) is 4.37. The first kappa shape index (κ1) is 13.5. The first-order chi connectivity index (χ1) is 8.86. The summed E-state index contributed by atoms with van der Waals surface area (Å²) in [6.45, 7) is 1.93. The quantitative estimate of drug-likeness (QED) is 0.830. The van der Waals surface area contributed by atoms with Crippen molar-refractivity contribution < 1.29 is 4.79 Å². The summed E-state index contributed by atoms with van der Waals surface area (Å²) in [5.41, 5.74) is 1.30. The maximum Gasteiger partial charge on any atom is 0.232 e. The molecule has 1 aromatic carbocycles. The van der Waals surface area contributed by atoms with Crippen molar-refractivity contribution >= 4 is 17.7 Å². The summed E-state index contributed by atoms with van der Waals surface area (Å²) in [7, 11) is 0. The van der Waals surface area contributed by atoms with Crippen LogP contribution in [0.15, 0.2) is 30.3 Å². The van der Waals surface area contributed by atoms with Crippen molar-refractivity contribution in [3.8, 4) is 0 Å². The molecule has 2 rings (SSSR count). The van der Waals surface area contributed by atoms with Gasteiger partial charge in [0, 0.05) is 18.8 Å². The highest BCUT2D eigenvalue weighted by molar-refractivity contribution is 7.99. The highest BCUT2D eigenvalue weighted by Gasteiger charge is 2.14. The fourth-order valence-electron chi connectivity index (χ4n) is 2.24. The number of rotatable bonds is 4. The number of hydrogen-bond acceptors (Lipinski definition) is 2. The van der Waals surface area contributed by atoms with E-state index in [2.05, 4.69) is 12.1 Å². The Morgan fingerprint density at radius 1 is 1.06 bits per heavy atom. The Morgan fingerprint density at radius 3 is 2.39 bits per heavy atom. The molecule has 18 heavy (non-hydrogen) atoms. The van der Waals surface area contributed by atoms with Gasteiger partial charge in [0.15, 0.2) is 0 Å². The van der Waals surface area contributed by atoms with E-state index < -0.39 is 0 Å². The molecule has 0 saturated carbocycles. The third-order valence-electron chi connectivity index (χ3n) is 3.30. The van der Waals surface area contributed by atoms with Gasteiger partial charge in [0.05, 0.1) is 5.75 Å². The Labute approximate surface area is 114 Å². The zero-order valence-corrected chi connectivity index (χ0v) is 11.6. The molecule has 0 radical (unpaired) electrons. The lowest BCUT2D eigenvalue weighted by atomic mass is 10.2. The molecule has 3 heteroatoms. The lowest BCUT2D eigenvalue weighted by molar-refractivity contribution is -0.128. The smallest absolute Gasteiger partial charge is 0.232 e. The molecule has 0 aliphatic carbocycles. The molecule has 0 N–H and O–H groups in total. The van der Waals surface area contributed by atoms with Gasteiger partial charge in [-0.3, -0.25) is 4.79 Å². The van der Waals surface area contributed by atoms with E-state index in [1.54, 1.807) is 11.8 Å². The Bertz CT molecular complexity index is 358. The van der Waals surface area contributed by atoms with Crippen molar-refractivity contribution in [2.75, 3.05) is 18.8 Å². The summed E-state index contributed by atoms with van der Waals surface area (Å²) >= 11 is 1.72. The van der Waals surface area contributed by atoms with Gasteiger partial charge in [0.1, 0.15) is 0 Å². The second-order valence-electron chi connectivity index (χ2n) is 4.77. The van der Waals surface area contributed by atoms with Crippen LogP contribution in [0.25, 0.3) is 0 Å². The summed E-state index contributed by atoms with van der Waals surface area (Å²) < 4.78 is 0. The fraction of sp³-hybridized carbons (Fsp3) is 0.533. The Kier molecular flexibility index (Phi) is 5.59. The molecule has 1 aliphatic rings. The van der Waals surface area contributed by atoms with Gasteiger partial charge < -0.3 is 4.90 Å². The fourth-order valence-corrected chi connectivity index (χ4v) is 3.13. The summed E-state index contributed by atoms with van der Waals surface area (Å²) in [6, 6.07) is 10.3. The van der Waals surface area contributed by atoms with Crippen molar-refractivity contribution in [3.63, 3.8) is 0 Å². The average Bonchev–Trinajstić information content (AvgIpc) is 2.69. The predicted molar refractivity (Wildman–Crippen MR) is 77.7 cm³/mol. The minimum Gasteiger partial charge on any atom is -0.342 e. The van der Waals surface area contributed by atoms with Crippen LogP contribution in [0.2, 0.25) is 0 Å². The maximum atomic E-state index is 12.0. The topological polar surface area (TPSA) is 20.3 Å². The highest BCUT2D eigenvalue weighted by Crippen LogP contribution is 2.15. The number of carbonyl (C=O) groups is 1. The van der Waals surface area contributed by atoms with E-state index in [0.717, 1.165) is 18.8 Å². The van der Waals surface area contributed by atoms with Crippen LogP contribution in [-0.4, -0.2) is 29.6 Å². The van der Waals surface area contributed by atoms with Gasteiger partial charge in [-0.25, -0.2) is 0 Å². The highest BCUT2D eigenvalue weighted by atomic mass is 32.2. The molecule has 0 unspecified atom stereocenters. The molecular formula is C15H21NOS. The van der Waals surface area contributed by atoms with Gasteiger partial charge in [0.2, 0.25) is 5.91 Å². The number of amides is 1. The van der Waals surface area contributed by atoms with Crippen molar-refractivity contribution in [1.82, 2.24) is 4.90 Å². The van der Waals surface area contributed by atoms with Crippen LogP contribution in [0, 0.1) is 0 Å². The van der Waals surface area contributed by atoms with E-state index in [4.69, 9.17) is 0 Å². The number of carbonyl (C=O) groups excluding carboxylic acids is 1. The molecule has 1 aromatic rings. The van der Waals surface area contributed by atoms with E-state index in [-0.39, 0.29) is 0 Å². The van der Waals surface area contributed by atoms with Gasteiger partial charge >= 0.3 is 0 Å². The number of thioether (sulfide) groups is 1. The Morgan fingerprint density at radius 2 is 1.72 bits per heavy atom. The molecule has 0 bridgehead atoms. The first-order valence-electron chi connectivity index (χ1n) is 6.76. The number of hydrogen-bond donors (Lipinski definition) is 0. The van der Waals surface area contributed by atoms with Crippen LogP contribution in [-0.2, 0) is 10.5 Å². The van der Waals surface area contributed by atoms with Gasteiger partial charge in [-0.05, 0) is 18.4 Å². The van der Waals surface area contributed by atoms with Crippen LogP contribution >= 0.6 is 11.8 Å². The average molecular weight is 263 g/mol. The van der Waals surface area contributed by atoms with Crippen molar-refractivity contribution in [3.05, 3.63) is 35.9 Å².